The Morgan fingerprint density at radius 1 is 0.826 bits per heavy atom. The van der Waals surface area contributed by atoms with E-state index >= 15 is 0 Å². The third-order valence-electron chi connectivity index (χ3n) is 3.74. The zero-order chi connectivity index (χ0) is 16.4. The van der Waals surface area contributed by atoms with Crippen LogP contribution in [0.5, 0.6) is 0 Å². The third kappa shape index (κ3) is 3.72. The molecule has 0 bridgehead atoms. The molecule has 4 heteroatoms. The normalized spacial score (nSPS) is 13.7. The van der Waals surface area contributed by atoms with Gasteiger partial charge in [0, 0.05) is 14.2 Å². The molecule has 0 saturated heterocycles. The summed E-state index contributed by atoms with van der Waals surface area (Å²) >= 11 is 4.85. The highest BCUT2D eigenvalue weighted by Gasteiger charge is 2.17. The predicted molar refractivity (Wildman–Crippen MR) is 97.8 cm³/mol. The highest BCUT2D eigenvalue weighted by Crippen LogP contribution is 2.34. The van der Waals surface area contributed by atoms with Crippen molar-refractivity contribution in [2.24, 2.45) is 0 Å². The molecule has 0 aliphatic rings. The summed E-state index contributed by atoms with van der Waals surface area (Å²) in [5.41, 5.74) is 2.86. The first-order chi connectivity index (χ1) is 11.0. The molecule has 0 radical (unpaired) electrons. The van der Waals surface area contributed by atoms with Gasteiger partial charge < -0.3 is 10.2 Å². The van der Waals surface area contributed by atoms with Crippen molar-refractivity contribution in [3.05, 3.63) is 91.6 Å². The lowest BCUT2D eigenvalue weighted by Gasteiger charge is -2.11. The standard InChI is InChI=1S/C19H17BrO2S/c1-12-5-7-13(8-6-12)18(21)16-9-10-17(23-16)19(22)14-3-2-4-15(20)11-14/h2-11,18-19,21-22H,1H3. The van der Waals surface area contributed by atoms with Crippen LogP contribution in [0.4, 0.5) is 0 Å². The molecule has 2 nitrogen and oxygen atoms in total. The minimum atomic E-state index is -0.684. The van der Waals surface area contributed by atoms with Crippen LogP contribution in [0, 0.1) is 6.92 Å². The molecule has 3 rings (SSSR count). The van der Waals surface area contributed by atoms with E-state index in [2.05, 4.69) is 15.9 Å². The van der Waals surface area contributed by atoms with Crippen molar-refractivity contribution in [3.8, 4) is 0 Å². The summed E-state index contributed by atoms with van der Waals surface area (Å²) in [5.74, 6) is 0. The Bertz CT molecular complexity index is 795. The van der Waals surface area contributed by atoms with Crippen molar-refractivity contribution in [1.29, 1.82) is 0 Å². The van der Waals surface area contributed by atoms with Gasteiger partial charge in [0.1, 0.15) is 12.2 Å². The lowest BCUT2D eigenvalue weighted by Crippen LogP contribution is -1.97. The molecule has 1 heterocycles. The number of hydrogen-bond donors (Lipinski definition) is 2. The Balaban J connectivity index is 1.83. The van der Waals surface area contributed by atoms with Crippen LogP contribution >= 0.6 is 27.3 Å². The van der Waals surface area contributed by atoms with Gasteiger partial charge in [0.05, 0.1) is 0 Å². The van der Waals surface area contributed by atoms with Crippen molar-refractivity contribution in [2.75, 3.05) is 0 Å². The Kier molecular flexibility index (Phi) is 4.97. The molecule has 1 aromatic heterocycles. The lowest BCUT2D eigenvalue weighted by molar-refractivity contribution is 0.223. The molecule has 0 fully saturated rings. The van der Waals surface area contributed by atoms with Crippen LogP contribution in [0.1, 0.15) is 38.7 Å². The number of thiophene rings is 1. The topological polar surface area (TPSA) is 40.5 Å². The highest BCUT2D eigenvalue weighted by molar-refractivity contribution is 9.10. The molecular weight excluding hydrogens is 372 g/mol. The molecule has 2 unspecified atom stereocenters. The summed E-state index contributed by atoms with van der Waals surface area (Å²) in [6.07, 6.45) is -1.35. The molecule has 0 aliphatic heterocycles. The summed E-state index contributed by atoms with van der Waals surface area (Å²) in [5, 5.41) is 21.0. The smallest absolute Gasteiger partial charge is 0.113 e. The molecular formula is C19H17BrO2S. The maximum absolute atomic E-state index is 10.5. The van der Waals surface area contributed by atoms with Gasteiger partial charge in [-0.25, -0.2) is 0 Å². The number of halogens is 1. The molecule has 2 atom stereocenters. The number of rotatable bonds is 4. The van der Waals surface area contributed by atoms with Gasteiger partial charge in [-0.2, -0.15) is 0 Å². The fourth-order valence-corrected chi connectivity index (χ4v) is 3.87. The van der Waals surface area contributed by atoms with Gasteiger partial charge in [0.2, 0.25) is 0 Å². The van der Waals surface area contributed by atoms with Gasteiger partial charge in [-0.1, -0.05) is 57.9 Å². The Labute approximate surface area is 148 Å². The van der Waals surface area contributed by atoms with Crippen LogP contribution in [-0.2, 0) is 0 Å². The predicted octanol–water partition coefficient (Wildman–Crippen LogP) is 4.98. The fourth-order valence-electron chi connectivity index (χ4n) is 2.42. The van der Waals surface area contributed by atoms with Crippen molar-refractivity contribution in [1.82, 2.24) is 0 Å². The van der Waals surface area contributed by atoms with E-state index in [1.54, 1.807) is 0 Å². The van der Waals surface area contributed by atoms with Gasteiger partial charge >= 0.3 is 0 Å². The number of aliphatic hydroxyl groups is 2. The van der Waals surface area contributed by atoms with E-state index in [0.717, 1.165) is 30.9 Å². The van der Waals surface area contributed by atoms with Crippen LogP contribution in [0.3, 0.4) is 0 Å². The zero-order valence-electron chi connectivity index (χ0n) is 12.6. The number of benzene rings is 2. The van der Waals surface area contributed by atoms with Crippen LogP contribution in [0.2, 0.25) is 0 Å². The van der Waals surface area contributed by atoms with Crippen LogP contribution in [0.25, 0.3) is 0 Å². The third-order valence-corrected chi connectivity index (χ3v) is 5.43. The monoisotopic (exact) mass is 388 g/mol. The molecule has 3 aromatic rings. The van der Waals surface area contributed by atoms with Crippen molar-refractivity contribution < 1.29 is 10.2 Å². The average Bonchev–Trinajstić information content (AvgIpc) is 3.04. The number of aliphatic hydroxyl groups excluding tert-OH is 2. The zero-order valence-corrected chi connectivity index (χ0v) is 15.0. The minimum absolute atomic E-state index is 0.663. The maximum Gasteiger partial charge on any atom is 0.113 e. The second-order valence-electron chi connectivity index (χ2n) is 5.51. The molecule has 2 N–H and O–H groups in total. The van der Waals surface area contributed by atoms with Gasteiger partial charge in [-0.3, -0.25) is 0 Å². The van der Waals surface area contributed by atoms with E-state index in [1.165, 1.54) is 11.3 Å². The lowest BCUT2D eigenvalue weighted by atomic mass is 10.1. The van der Waals surface area contributed by atoms with E-state index in [4.69, 9.17) is 0 Å². The second kappa shape index (κ2) is 6.97. The molecule has 2 aromatic carbocycles. The summed E-state index contributed by atoms with van der Waals surface area (Å²) < 4.78 is 0.936. The molecule has 23 heavy (non-hydrogen) atoms. The Morgan fingerprint density at radius 2 is 1.43 bits per heavy atom. The van der Waals surface area contributed by atoms with Gasteiger partial charge in [0.25, 0.3) is 0 Å². The van der Waals surface area contributed by atoms with Gasteiger partial charge in [-0.05, 0) is 42.3 Å². The summed E-state index contributed by atoms with van der Waals surface area (Å²) in [6.45, 7) is 2.02. The average molecular weight is 389 g/mol. The van der Waals surface area contributed by atoms with E-state index in [-0.39, 0.29) is 0 Å². The molecule has 0 saturated carbocycles. The summed E-state index contributed by atoms with van der Waals surface area (Å²) in [7, 11) is 0. The molecule has 118 valence electrons. The fraction of sp³-hybridized carbons (Fsp3) is 0.158. The first kappa shape index (κ1) is 16.4. The first-order valence-electron chi connectivity index (χ1n) is 7.32. The van der Waals surface area contributed by atoms with E-state index in [9.17, 15) is 10.2 Å². The van der Waals surface area contributed by atoms with Crippen molar-refractivity contribution in [2.45, 2.75) is 19.1 Å². The summed E-state index contributed by atoms with van der Waals surface area (Å²) in [4.78, 5) is 1.65. The molecule has 0 spiro atoms. The van der Waals surface area contributed by atoms with Crippen molar-refractivity contribution in [3.63, 3.8) is 0 Å². The van der Waals surface area contributed by atoms with Crippen molar-refractivity contribution >= 4 is 27.3 Å². The molecule has 0 amide bonds. The highest BCUT2D eigenvalue weighted by atomic mass is 79.9. The number of hydrogen-bond acceptors (Lipinski definition) is 3. The largest absolute Gasteiger partial charge is 0.383 e. The van der Waals surface area contributed by atoms with E-state index in [1.807, 2.05) is 67.6 Å². The van der Waals surface area contributed by atoms with Crippen LogP contribution < -0.4 is 0 Å². The minimum Gasteiger partial charge on any atom is -0.383 e. The van der Waals surface area contributed by atoms with E-state index < -0.39 is 12.2 Å². The maximum atomic E-state index is 10.5. The van der Waals surface area contributed by atoms with Crippen LogP contribution in [-0.4, -0.2) is 10.2 Å². The SMILES string of the molecule is Cc1ccc(C(O)c2ccc(C(O)c3cccc(Br)c3)s2)cc1. The molecule has 0 aliphatic carbocycles. The Morgan fingerprint density at radius 3 is 2.04 bits per heavy atom. The van der Waals surface area contributed by atoms with Gasteiger partial charge in [0.15, 0.2) is 0 Å². The van der Waals surface area contributed by atoms with Gasteiger partial charge in [-0.15, -0.1) is 11.3 Å². The Hall–Kier alpha value is -1.46. The summed E-state index contributed by atoms with van der Waals surface area (Å²) in [6, 6.07) is 19.2. The number of aryl methyl sites for hydroxylation is 1. The van der Waals surface area contributed by atoms with Crippen LogP contribution in [0.15, 0.2) is 65.1 Å². The van der Waals surface area contributed by atoms with E-state index in [0.29, 0.717) is 0 Å². The second-order valence-corrected chi connectivity index (χ2v) is 7.57. The quantitative estimate of drug-likeness (QED) is 0.661. The first-order valence-corrected chi connectivity index (χ1v) is 8.93.